The fourth-order valence-corrected chi connectivity index (χ4v) is 3.42. The Labute approximate surface area is 204 Å². The summed E-state index contributed by atoms with van der Waals surface area (Å²) < 4.78 is 16.9. The molecule has 7 heteroatoms. The summed E-state index contributed by atoms with van der Waals surface area (Å²) in [5.41, 5.74) is 3.11. The van der Waals surface area contributed by atoms with Gasteiger partial charge in [-0.2, -0.15) is 5.26 Å². The van der Waals surface area contributed by atoms with Crippen molar-refractivity contribution in [3.63, 3.8) is 0 Å². The first-order chi connectivity index (χ1) is 16.4. The van der Waals surface area contributed by atoms with Crippen molar-refractivity contribution in [1.82, 2.24) is 0 Å². The molecule has 0 aliphatic rings. The largest absolute Gasteiger partial charge is 0.495 e. The molecule has 0 radical (unpaired) electrons. The summed E-state index contributed by atoms with van der Waals surface area (Å²) in [5, 5.41) is 12.7. The number of carbonyl (C=O) groups is 1. The first-order valence-corrected chi connectivity index (χ1v) is 11.0. The molecule has 174 valence electrons. The highest BCUT2D eigenvalue weighted by atomic mass is 35.5. The maximum absolute atomic E-state index is 12.7. The predicted molar refractivity (Wildman–Crippen MR) is 133 cm³/mol. The molecule has 1 N–H and O–H groups in total. The number of hydrogen-bond acceptors (Lipinski definition) is 5. The zero-order valence-electron chi connectivity index (χ0n) is 19.2. The van der Waals surface area contributed by atoms with Crippen LogP contribution in [0.4, 0.5) is 5.69 Å². The molecule has 0 fully saturated rings. The van der Waals surface area contributed by atoms with Gasteiger partial charge in [-0.15, -0.1) is 0 Å². The third-order valence-corrected chi connectivity index (χ3v) is 5.07. The molecule has 6 nitrogen and oxygen atoms in total. The van der Waals surface area contributed by atoms with E-state index in [4.69, 9.17) is 25.8 Å². The standard InChI is InChI=1S/C27H25ClN2O4/c1-4-33-26-14-19(8-10-25(26)34-17-20-7-5-6-18(2)12-20)13-21(16-29)27(31)30-23-15-22(28)9-11-24(23)32-3/h5-15H,4,17H2,1-3H3,(H,30,31)/b21-13+. The van der Waals surface area contributed by atoms with E-state index in [9.17, 15) is 10.1 Å². The fourth-order valence-electron chi connectivity index (χ4n) is 3.25. The Kier molecular flexibility index (Phi) is 8.55. The van der Waals surface area contributed by atoms with Gasteiger partial charge in [0.1, 0.15) is 24.0 Å². The Bertz CT molecular complexity index is 1250. The van der Waals surface area contributed by atoms with Gasteiger partial charge in [-0.3, -0.25) is 4.79 Å². The quantitative estimate of drug-likeness (QED) is 0.294. The highest BCUT2D eigenvalue weighted by Crippen LogP contribution is 2.31. The normalized spacial score (nSPS) is 10.9. The molecule has 3 aromatic carbocycles. The molecule has 0 atom stereocenters. The van der Waals surface area contributed by atoms with Crippen LogP contribution < -0.4 is 19.5 Å². The third kappa shape index (κ3) is 6.53. The average Bonchev–Trinajstić information content (AvgIpc) is 2.82. The fraction of sp³-hybridized carbons (Fsp3) is 0.185. The lowest BCUT2D eigenvalue weighted by Gasteiger charge is -2.13. The van der Waals surface area contributed by atoms with E-state index >= 15 is 0 Å². The van der Waals surface area contributed by atoms with E-state index in [0.29, 0.717) is 46.7 Å². The molecule has 0 saturated heterocycles. The highest BCUT2D eigenvalue weighted by Gasteiger charge is 2.14. The number of halogens is 1. The molecule has 1 amide bonds. The van der Waals surface area contributed by atoms with Gasteiger partial charge in [0.2, 0.25) is 0 Å². The van der Waals surface area contributed by atoms with Crippen LogP contribution in [0.3, 0.4) is 0 Å². The Morgan fingerprint density at radius 2 is 1.85 bits per heavy atom. The minimum absolute atomic E-state index is 0.0853. The van der Waals surface area contributed by atoms with Crippen molar-refractivity contribution in [1.29, 1.82) is 5.26 Å². The van der Waals surface area contributed by atoms with E-state index in [-0.39, 0.29) is 5.57 Å². The lowest BCUT2D eigenvalue weighted by atomic mass is 10.1. The van der Waals surface area contributed by atoms with Gasteiger partial charge in [0.15, 0.2) is 11.5 Å². The Morgan fingerprint density at radius 1 is 1.06 bits per heavy atom. The second-order valence-corrected chi connectivity index (χ2v) is 7.82. The molecule has 0 spiro atoms. The SMILES string of the molecule is CCOc1cc(/C=C(\C#N)C(=O)Nc2cc(Cl)ccc2OC)ccc1OCc1cccc(C)c1. The summed E-state index contributed by atoms with van der Waals surface area (Å²) in [6.07, 6.45) is 1.49. The van der Waals surface area contributed by atoms with Crippen molar-refractivity contribution >= 4 is 29.3 Å². The maximum Gasteiger partial charge on any atom is 0.266 e. The van der Waals surface area contributed by atoms with E-state index in [0.717, 1.165) is 11.1 Å². The van der Waals surface area contributed by atoms with E-state index in [2.05, 4.69) is 11.4 Å². The van der Waals surface area contributed by atoms with Crippen LogP contribution in [-0.4, -0.2) is 19.6 Å². The molecule has 0 heterocycles. The van der Waals surface area contributed by atoms with Crippen molar-refractivity contribution < 1.29 is 19.0 Å². The molecule has 0 saturated carbocycles. The van der Waals surface area contributed by atoms with E-state index in [1.165, 1.54) is 13.2 Å². The molecule has 0 bridgehead atoms. The first-order valence-electron chi connectivity index (χ1n) is 10.7. The van der Waals surface area contributed by atoms with Gasteiger partial charge in [-0.05, 0) is 61.4 Å². The first kappa shape index (κ1) is 24.7. The number of amides is 1. The second kappa shape index (κ2) is 11.8. The lowest BCUT2D eigenvalue weighted by Crippen LogP contribution is -2.14. The van der Waals surface area contributed by atoms with Crippen molar-refractivity contribution in [2.45, 2.75) is 20.5 Å². The number of anilines is 1. The van der Waals surface area contributed by atoms with Gasteiger partial charge >= 0.3 is 0 Å². The number of nitriles is 1. The summed E-state index contributed by atoms with van der Waals surface area (Å²) in [4.78, 5) is 12.7. The number of aryl methyl sites for hydroxylation is 1. The Morgan fingerprint density at radius 3 is 2.56 bits per heavy atom. The number of ether oxygens (including phenoxy) is 3. The molecule has 3 rings (SSSR count). The monoisotopic (exact) mass is 476 g/mol. The lowest BCUT2D eigenvalue weighted by molar-refractivity contribution is -0.112. The van der Waals surface area contributed by atoms with E-state index < -0.39 is 5.91 Å². The summed E-state index contributed by atoms with van der Waals surface area (Å²) in [7, 11) is 1.48. The minimum Gasteiger partial charge on any atom is -0.495 e. The van der Waals surface area contributed by atoms with Crippen LogP contribution in [0, 0.1) is 18.3 Å². The smallest absolute Gasteiger partial charge is 0.266 e. The number of methoxy groups -OCH3 is 1. The van der Waals surface area contributed by atoms with Crippen LogP contribution in [0.1, 0.15) is 23.6 Å². The molecular formula is C27H25ClN2O4. The third-order valence-electron chi connectivity index (χ3n) is 4.83. The summed E-state index contributed by atoms with van der Waals surface area (Å²) >= 11 is 6.02. The van der Waals surface area contributed by atoms with E-state index in [1.54, 1.807) is 36.4 Å². The van der Waals surface area contributed by atoms with Gasteiger partial charge in [0, 0.05) is 5.02 Å². The molecule has 0 aliphatic carbocycles. The van der Waals surface area contributed by atoms with Crippen molar-refractivity contribution in [3.05, 3.63) is 87.9 Å². The summed E-state index contributed by atoms with van der Waals surface area (Å²) in [6, 6.07) is 20.1. The number of hydrogen-bond donors (Lipinski definition) is 1. The van der Waals surface area contributed by atoms with Crippen LogP contribution in [0.2, 0.25) is 5.02 Å². The predicted octanol–water partition coefficient (Wildman–Crippen LogP) is 6.18. The minimum atomic E-state index is -0.583. The van der Waals surface area contributed by atoms with Crippen LogP contribution in [0.15, 0.2) is 66.2 Å². The zero-order chi connectivity index (χ0) is 24.5. The van der Waals surface area contributed by atoms with Crippen molar-refractivity contribution in [2.24, 2.45) is 0 Å². The molecule has 0 aliphatic heterocycles. The van der Waals surface area contributed by atoms with Crippen molar-refractivity contribution in [2.75, 3.05) is 19.0 Å². The van der Waals surface area contributed by atoms with Gasteiger partial charge in [0.25, 0.3) is 5.91 Å². The topological polar surface area (TPSA) is 80.6 Å². The van der Waals surface area contributed by atoms with E-state index in [1.807, 2.05) is 38.1 Å². The Hall–Kier alpha value is -3.95. The zero-order valence-corrected chi connectivity index (χ0v) is 20.0. The molecule has 3 aromatic rings. The molecule has 0 aromatic heterocycles. The maximum atomic E-state index is 12.7. The number of carbonyl (C=O) groups excluding carboxylic acids is 1. The second-order valence-electron chi connectivity index (χ2n) is 7.39. The molecular weight excluding hydrogens is 452 g/mol. The molecule has 34 heavy (non-hydrogen) atoms. The summed E-state index contributed by atoms with van der Waals surface area (Å²) in [5.74, 6) is 0.954. The van der Waals surface area contributed by atoms with Crippen LogP contribution in [0.5, 0.6) is 17.2 Å². The highest BCUT2D eigenvalue weighted by molar-refractivity contribution is 6.31. The Balaban J connectivity index is 1.81. The van der Waals surface area contributed by atoms with Crippen molar-refractivity contribution in [3.8, 4) is 23.3 Å². The number of nitrogens with one attached hydrogen (secondary N) is 1. The van der Waals surface area contributed by atoms with Crippen LogP contribution in [-0.2, 0) is 11.4 Å². The number of nitrogens with zero attached hydrogens (tertiary/aromatic N) is 1. The van der Waals surface area contributed by atoms with Gasteiger partial charge in [-0.25, -0.2) is 0 Å². The van der Waals surface area contributed by atoms with Crippen LogP contribution >= 0.6 is 11.6 Å². The van der Waals surface area contributed by atoms with Gasteiger partial charge in [0.05, 0.1) is 19.4 Å². The molecule has 0 unspecified atom stereocenters. The summed E-state index contributed by atoms with van der Waals surface area (Å²) in [6.45, 7) is 4.74. The van der Waals surface area contributed by atoms with Crippen LogP contribution in [0.25, 0.3) is 6.08 Å². The average molecular weight is 477 g/mol. The number of benzene rings is 3. The van der Waals surface area contributed by atoms with Gasteiger partial charge in [-0.1, -0.05) is 47.5 Å². The number of rotatable bonds is 9. The van der Waals surface area contributed by atoms with Gasteiger partial charge < -0.3 is 19.5 Å².